The fraction of sp³-hybridized carbons (Fsp3) is 0.538. The summed E-state index contributed by atoms with van der Waals surface area (Å²) in [6, 6.07) is 4.81. The number of sulfonamides is 1. The van der Waals surface area contributed by atoms with E-state index in [-0.39, 0.29) is 29.3 Å². The summed E-state index contributed by atoms with van der Waals surface area (Å²) in [5.41, 5.74) is 5.69. The van der Waals surface area contributed by atoms with E-state index in [0.717, 1.165) is 19.3 Å². The lowest BCUT2D eigenvalue weighted by molar-refractivity contribution is 0.413. The van der Waals surface area contributed by atoms with Gasteiger partial charge >= 0.3 is 0 Å². The van der Waals surface area contributed by atoms with Crippen LogP contribution in [-0.4, -0.2) is 28.1 Å². The summed E-state index contributed by atoms with van der Waals surface area (Å²) < 4.78 is 33.4. The third kappa shape index (κ3) is 4.32. The minimum atomic E-state index is -3.58. The molecule has 1 aromatic rings. The van der Waals surface area contributed by atoms with Gasteiger partial charge in [-0.15, -0.1) is 12.4 Å². The number of nitrogens with one attached hydrogen (secondary N) is 1. The van der Waals surface area contributed by atoms with Crippen LogP contribution in [0.1, 0.15) is 19.3 Å². The molecule has 0 bridgehead atoms. The molecule has 0 saturated heterocycles. The van der Waals surface area contributed by atoms with Gasteiger partial charge in [-0.25, -0.2) is 13.1 Å². The molecule has 0 aromatic heterocycles. The van der Waals surface area contributed by atoms with Crippen molar-refractivity contribution in [2.75, 3.05) is 13.7 Å². The van der Waals surface area contributed by atoms with Crippen LogP contribution in [0.5, 0.6) is 5.75 Å². The van der Waals surface area contributed by atoms with E-state index < -0.39 is 10.0 Å². The highest BCUT2D eigenvalue weighted by atomic mass is 79.9. The number of hydrogen-bond donors (Lipinski definition) is 2. The van der Waals surface area contributed by atoms with E-state index in [1.807, 2.05) is 0 Å². The molecule has 21 heavy (non-hydrogen) atoms. The van der Waals surface area contributed by atoms with Crippen molar-refractivity contribution >= 4 is 38.4 Å². The maximum absolute atomic E-state index is 12.5. The number of ether oxygens (including phenoxy) is 1. The van der Waals surface area contributed by atoms with Crippen molar-refractivity contribution in [3.8, 4) is 5.75 Å². The van der Waals surface area contributed by atoms with Crippen molar-refractivity contribution in [3.05, 3.63) is 22.7 Å². The summed E-state index contributed by atoms with van der Waals surface area (Å²) >= 11 is 3.28. The first-order chi connectivity index (χ1) is 9.47. The van der Waals surface area contributed by atoms with Crippen molar-refractivity contribution in [2.24, 2.45) is 11.7 Å². The van der Waals surface area contributed by atoms with Gasteiger partial charge in [0.05, 0.1) is 12.0 Å². The smallest absolute Gasteiger partial charge is 0.242 e. The molecule has 0 radical (unpaired) electrons. The first-order valence-corrected chi connectivity index (χ1v) is 8.81. The lowest BCUT2D eigenvalue weighted by Gasteiger charge is -2.20. The number of halogens is 2. The second-order valence-electron chi connectivity index (χ2n) is 4.95. The minimum absolute atomic E-state index is 0. The third-order valence-electron chi connectivity index (χ3n) is 3.70. The summed E-state index contributed by atoms with van der Waals surface area (Å²) in [4.78, 5) is 0.194. The quantitative estimate of drug-likeness (QED) is 0.796. The molecule has 0 amide bonds. The van der Waals surface area contributed by atoms with E-state index >= 15 is 0 Å². The second-order valence-corrected chi connectivity index (χ2v) is 7.49. The monoisotopic (exact) mass is 398 g/mol. The van der Waals surface area contributed by atoms with Crippen LogP contribution in [0.15, 0.2) is 27.6 Å². The lowest BCUT2D eigenvalue weighted by atomic mass is 10.1. The van der Waals surface area contributed by atoms with Gasteiger partial charge in [-0.05, 0) is 53.4 Å². The number of hydrogen-bond acceptors (Lipinski definition) is 4. The minimum Gasteiger partial charge on any atom is -0.497 e. The Morgan fingerprint density at radius 1 is 1.43 bits per heavy atom. The molecule has 1 saturated carbocycles. The zero-order valence-electron chi connectivity index (χ0n) is 11.7. The predicted octanol–water partition coefficient (Wildman–Crippen LogP) is 2.29. The third-order valence-corrected chi connectivity index (χ3v) is 6.18. The Morgan fingerprint density at radius 3 is 2.76 bits per heavy atom. The maximum atomic E-state index is 12.5. The Kier molecular flexibility index (Phi) is 6.93. The van der Waals surface area contributed by atoms with E-state index in [0.29, 0.717) is 16.8 Å². The Balaban J connectivity index is 0.00000220. The highest BCUT2D eigenvalue weighted by molar-refractivity contribution is 9.10. The van der Waals surface area contributed by atoms with Crippen LogP contribution in [0.4, 0.5) is 0 Å². The van der Waals surface area contributed by atoms with Crippen molar-refractivity contribution in [3.63, 3.8) is 0 Å². The van der Waals surface area contributed by atoms with Gasteiger partial charge in [0, 0.05) is 16.6 Å². The van der Waals surface area contributed by atoms with E-state index in [2.05, 4.69) is 20.7 Å². The normalized spacial score (nSPS) is 21.9. The van der Waals surface area contributed by atoms with Crippen LogP contribution in [0, 0.1) is 5.92 Å². The second kappa shape index (κ2) is 7.78. The van der Waals surface area contributed by atoms with E-state index in [1.165, 1.54) is 13.2 Å². The molecular weight excluding hydrogens is 380 g/mol. The van der Waals surface area contributed by atoms with Crippen molar-refractivity contribution in [1.82, 2.24) is 4.72 Å². The largest absolute Gasteiger partial charge is 0.497 e. The molecule has 2 atom stereocenters. The average Bonchev–Trinajstić information content (AvgIpc) is 2.85. The summed E-state index contributed by atoms with van der Waals surface area (Å²) in [5, 5.41) is 0. The Hall–Kier alpha value is -0.340. The lowest BCUT2D eigenvalue weighted by Crippen LogP contribution is -2.39. The Morgan fingerprint density at radius 2 is 2.14 bits per heavy atom. The summed E-state index contributed by atoms with van der Waals surface area (Å²) in [5.74, 6) is 0.726. The van der Waals surface area contributed by atoms with Gasteiger partial charge in [-0.2, -0.15) is 0 Å². The first-order valence-electron chi connectivity index (χ1n) is 6.54. The molecule has 0 aliphatic heterocycles. The molecular formula is C13H20BrClN2O3S. The van der Waals surface area contributed by atoms with Crippen molar-refractivity contribution in [2.45, 2.75) is 30.2 Å². The molecule has 1 aromatic carbocycles. The van der Waals surface area contributed by atoms with Gasteiger partial charge in [0.25, 0.3) is 0 Å². The van der Waals surface area contributed by atoms with Gasteiger partial charge < -0.3 is 10.5 Å². The van der Waals surface area contributed by atoms with Crippen LogP contribution in [0.2, 0.25) is 0 Å². The fourth-order valence-electron chi connectivity index (χ4n) is 2.55. The van der Waals surface area contributed by atoms with Gasteiger partial charge in [0.15, 0.2) is 0 Å². The zero-order chi connectivity index (χ0) is 14.8. The van der Waals surface area contributed by atoms with Gasteiger partial charge in [-0.3, -0.25) is 0 Å². The van der Waals surface area contributed by atoms with Crippen molar-refractivity contribution < 1.29 is 13.2 Å². The molecule has 5 nitrogen and oxygen atoms in total. The van der Waals surface area contributed by atoms with Gasteiger partial charge in [-0.1, -0.05) is 6.42 Å². The van der Waals surface area contributed by atoms with Crippen LogP contribution >= 0.6 is 28.3 Å². The highest BCUT2D eigenvalue weighted by Crippen LogP contribution is 2.30. The molecule has 120 valence electrons. The van der Waals surface area contributed by atoms with Crippen LogP contribution in [0.3, 0.4) is 0 Å². The molecule has 3 N–H and O–H groups in total. The molecule has 2 rings (SSSR count). The summed E-state index contributed by atoms with van der Waals surface area (Å²) in [6.45, 7) is 0.506. The maximum Gasteiger partial charge on any atom is 0.242 e. The number of nitrogens with two attached hydrogens (primary N) is 1. The van der Waals surface area contributed by atoms with Gasteiger partial charge in [0.2, 0.25) is 10.0 Å². The Bertz CT molecular complexity index is 583. The van der Waals surface area contributed by atoms with Crippen molar-refractivity contribution in [1.29, 1.82) is 0 Å². The van der Waals surface area contributed by atoms with E-state index in [4.69, 9.17) is 10.5 Å². The molecule has 8 heteroatoms. The van der Waals surface area contributed by atoms with Crippen LogP contribution in [-0.2, 0) is 10.0 Å². The van der Waals surface area contributed by atoms with E-state index in [1.54, 1.807) is 12.1 Å². The predicted molar refractivity (Wildman–Crippen MR) is 88.4 cm³/mol. The molecule has 1 fully saturated rings. The molecule has 1 aliphatic carbocycles. The van der Waals surface area contributed by atoms with E-state index in [9.17, 15) is 8.42 Å². The molecule has 0 spiro atoms. The van der Waals surface area contributed by atoms with Crippen LogP contribution in [0.25, 0.3) is 0 Å². The molecule has 1 aliphatic rings. The first kappa shape index (κ1) is 18.7. The summed E-state index contributed by atoms with van der Waals surface area (Å²) in [7, 11) is -2.07. The number of benzene rings is 1. The Labute approximate surface area is 140 Å². The number of rotatable bonds is 5. The highest BCUT2D eigenvalue weighted by Gasteiger charge is 2.31. The fourth-order valence-corrected chi connectivity index (χ4v) is 4.87. The SMILES string of the molecule is COc1ccc(Br)c(S(=O)(=O)NC2CCCC2CN)c1.Cl. The molecule has 0 heterocycles. The standard InChI is InChI=1S/C13H19BrN2O3S.ClH/c1-19-10-5-6-11(14)13(7-10)20(17,18)16-12-4-2-3-9(12)8-15;/h5-7,9,12,16H,2-4,8,15H2,1H3;1H. The number of methoxy groups -OCH3 is 1. The van der Waals surface area contributed by atoms with Crippen LogP contribution < -0.4 is 15.2 Å². The summed E-state index contributed by atoms with van der Waals surface area (Å²) in [6.07, 6.45) is 2.82. The topological polar surface area (TPSA) is 81.4 Å². The molecule has 2 unspecified atom stereocenters. The average molecular weight is 400 g/mol. The zero-order valence-corrected chi connectivity index (χ0v) is 14.9. The van der Waals surface area contributed by atoms with Gasteiger partial charge in [0.1, 0.15) is 5.75 Å².